The van der Waals surface area contributed by atoms with Gasteiger partial charge in [0.15, 0.2) is 0 Å². The second-order valence-corrected chi connectivity index (χ2v) is 5.84. The third-order valence-corrected chi connectivity index (χ3v) is 4.30. The maximum atomic E-state index is 12.3. The molecule has 0 heterocycles. The fraction of sp³-hybridized carbons (Fsp3) is 0.588. The summed E-state index contributed by atoms with van der Waals surface area (Å²) in [5.41, 5.74) is 7.66. The molecule has 0 spiro atoms. The highest BCUT2D eigenvalue weighted by molar-refractivity contribution is 5.76. The second-order valence-electron chi connectivity index (χ2n) is 5.84. The molecule has 3 heteroatoms. The molecule has 0 saturated heterocycles. The first-order valence-corrected chi connectivity index (χ1v) is 7.81. The topological polar surface area (TPSA) is 46.3 Å². The Labute approximate surface area is 122 Å². The quantitative estimate of drug-likeness (QED) is 0.806. The number of benzene rings is 1. The third-order valence-electron chi connectivity index (χ3n) is 4.30. The zero-order valence-electron chi connectivity index (χ0n) is 12.5. The Morgan fingerprint density at radius 1 is 1.35 bits per heavy atom. The number of hydrogen-bond acceptors (Lipinski definition) is 2. The van der Waals surface area contributed by atoms with Gasteiger partial charge in [-0.15, -0.1) is 0 Å². The van der Waals surface area contributed by atoms with Gasteiger partial charge in [-0.1, -0.05) is 37.8 Å². The second kappa shape index (κ2) is 7.32. The van der Waals surface area contributed by atoms with E-state index in [1.165, 1.54) is 25.7 Å². The molecule has 1 fully saturated rings. The molecule has 0 unspecified atom stereocenters. The summed E-state index contributed by atoms with van der Waals surface area (Å²) in [6.45, 7) is 3.48. The summed E-state index contributed by atoms with van der Waals surface area (Å²) < 4.78 is 0. The maximum absolute atomic E-state index is 12.3. The molecular weight excluding hydrogens is 248 g/mol. The SMILES string of the molecule is CCN(Cc1cccc(N)c1)C(=O)CCC1CCCC1. The van der Waals surface area contributed by atoms with E-state index in [1.54, 1.807) is 0 Å². The summed E-state index contributed by atoms with van der Waals surface area (Å²) in [5.74, 6) is 1.06. The normalized spacial score (nSPS) is 15.4. The Morgan fingerprint density at radius 2 is 2.10 bits per heavy atom. The van der Waals surface area contributed by atoms with Crippen LogP contribution in [0.4, 0.5) is 5.69 Å². The van der Waals surface area contributed by atoms with Crippen LogP contribution in [0.3, 0.4) is 0 Å². The molecule has 1 aromatic carbocycles. The predicted molar refractivity (Wildman–Crippen MR) is 83.1 cm³/mol. The first-order chi connectivity index (χ1) is 9.69. The van der Waals surface area contributed by atoms with Crippen LogP contribution < -0.4 is 5.73 Å². The lowest BCUT2D eigenvalue weighted by Crippen LogP contribution is -2.30. The number of nitrogens with zero attached hydrogens (tertiary/aromatic N) is 1. The largest absolute Gasteiger partial charge is 0.399 e. The van der Waals surface area contributed by atoms with E-state index < -0.39 is 0 Å². The summed E-state index contributed by atoms with van der Waals surface area (Å²) >= 11 is 0. The van der Waals surface area contributed by atoms with Crippen molar-refractivity contribution in [2.75, 3.05) is 12.3 Å². The zero-order chi connectivity index (χ0) is 14.4. The highest BCUT2D eigenvalue weighted by Crippen LogP contribution is 2.28. The molecule has 0 aliphatic heterocycles. The molecule has 0 aromatic heterocycles. The minimum atomic E-state index is 0.279. The number of nitrogens with two attached hydrogens (primary N) is 1. The molecule has 2 rings (SSSR count). The van der Waals surface area contributed by atoms with Gasteiger partial charge in [0.05, 0.1) is 0 Å². The van der Waals surface area contributed by atoms with Crippen molar-refractivity contribution in [2.45, 2.75) is 52.0 Å². The van der Waals surface area contributed by atoms with Crippen molar-refractivity contribution in [2.24, 2.45) is 5.92 Å². The summed E-state index contributed by atoms with van der Waals surface area (Å²) in [6, 6.07) is 7.80. The number of amides is 1. The van der Waals surface area contributed by atoms with Gasteiger partial charge in [0.1, 0.15) is 0 Å². The van der Waals surface area contributed by atoms with Crippen LogP contribution in [0.15, 0.2) is 24.3 Å². The van der Waals surface area contributed by atoms with Crippen LogP contribution >= 0.6 is 0 Å². The van der Waals surface area contributed by atoms with Crippen LogP contribution in [0.5, 0.6) is 0 Å². The molecule has 2 N–H and O–H groups in total. The van der Waals surface area contributed by atoms with Gasteiger partial charge in [0, 0.05) is 25.2 Å². The lowest BCUT2D eigenvalue weighted by molar-refractivity contribution is -0.131. The monoisotopic (exact) mass is 274 g/mol. The Morgan fingerprint density at radius 3 is 2.75 bits per heavy atom. The van der Waals surface area contributed by atoms with Crippen LogP contribution in [0.2, 0.25) is 0 Å². The summed E-state index contributed by atoms with van der Waals surface area (Å²) in [7, 11) is 0. The molecule has 1 aliphatic rings. The van der Waals surface area contributed by atoms with Gasteiger partial charge < -0.3 is 10.6 Å². The molecule has 0 bridgehead atoms. The Kier molecular flexibility index (Phi) is 5.45. The third kappa shape index (κ3) is 4.26. The number of rotatable bonds is 6. The molecule has 110 valence electrons. The highest BCUT2D eigenvalue weighted by atomic mass is 16.2. The van der Waals surface area contributed by atoms with Crippen molar-refractivity contribution in [3.8, 4) is 0 Å². The van der Waals surface area contributed by atoms with Gasteiger partial charge in [0.2, 0.25) is 5.91 Å². The lowest BCUT2D eigenvalue weighted by Gasteiger charge is -2.22. The summed E-state index contributed by atoms with van der Waals surface area (Å²) in [6.07, 6.45) is 7.08. The van der Waals surface area contributed by atoms with E-state index in [4.69, 9.17) is 5.73 Å². The van der Waals surface area contributed by atoms with E-state index in [2.05, 4.69) is 0 Å². The number of anilines is 1. The Hall–Kier alpha value is -1.51. The van der Waals surface area contributed by atoms with Crippen LogP contribution in [0, 0.1) is 5.92 Å². The molecule has 0 atom stereocenters. The van der Waals surface area contributed by atoms with E-state index in [-0.39, 0.29) is 5.91 Å². The predicted octanol–water partition coefficient (Wildman–Crippen LogP) is 3.59. The van der Waals surface area contributed by atoms with E-state index >= 15 is 0 Å². The van der Waals surface area contributed by atoms with Gasteiger partial charge in [-0.05, 0) is 37.0 Å². The fourth-order valence-electron chi connectivity index (χ4n) is 3.07. The van der Waals surface area contributed by atoms with Crippen molar-refractivity contribution in [1.29, 1.82) is 0 Å². The van der Waals surface area contributed by atoms with Crippen LogP contribution in [-0.4, -0.2) is 17.4 Å². The van der Waals surface area contributed by atoms with E-state index in [1.807, 2.05) is 36.1 Å². The molecule has 1 saturated carbocycles. The van der Waals surface area contributed by atoms with Crippen LogP contribution in [0.1, 0.15) is 51.0 Å². The maximum Gasteiger partial charge on any atom is 0.222 e. The highest BCUT2D eigenvalue weighted by Gasteiger charge is 2.18. The van der Waals surface area contributed by atoms with Gasteiger partial charge >= 0.3 is 0 Å². The van der Waals surface area contributed by atoms with Gasteiger partial charge in [0.25, 0.3) is 0 Å². The average molecular weight is 274 g/mol. The first kappa shape index (κ1) is 14.9. The first-order valence-electron chi connectivity index (χ1n) is 7.81. The molecule has 1 aliphatic carbocycles. The number of carbonyl (C=O) groups excluding carboxylic acids is 1. The Balaban J connectivity index is 1.85. The molecule has 3 nitrogen and oxygen atoms in total. The summed E-state index contributed by atoms with van der Waals surface area (Å²) in [4.78, 5) is 14.2. The zero-order valence-corrected chi connectivity index (χ0v) is 12.5. The minimum absolute atomic E-state index is 0.279. The molecule has 20 heavy (non-hydrogen) atoms. The van der Waals surface area contributed by atoms with Gasteiger partial charge in [-0.2, -0.15) is 0 Å². The van der Waals surface area contributed by atoms with E-state index in [0.717, 1.165) is 30.1 Å². The van der Waals surface area contributed by atoms with E-state index in [0.29, 0.717) is 13.0 Å². The number of nitrogen functional groups attached to an aromatic ring is 1. The Bertz CT molecular complexity index is 438. The van der Waals surface area contributed by atoms with Gasteiger partial charge in [-0.25, -0.2) is 0 Å². The molecule has 1 amide bonds. The lowest BCUT2D eigenvalue weighted by atomic mass is 10.0. The fourth-order valence-corrected chi connectivity index (χ4v) is 3.07. The van der Waals surface area contributed by atoms with Crippen molar-refractivity contribution < 1.29 is 4.79 Å². The standard InChI is InChI=1S/C17H26N2O/c1-2-19(13-15-8-5-9-16(18)12-15)17(20)11-10-14-6-3-4-7-14/h5,8-9,12,14H,2-4,6-7,10-11,13,18H2,1H3. The number of hydrogen-bond donors (Lipinski definition) is 1. The number of carbonyl (C=O) groups is 1. The van der Waals surface area contributed by atoms with Crippen molar-refractivity contribution in [3.05, 3.63) is 29.8 Å². The van der Waals surface area contributed by atoms with Crippen molar-refractivity contribution >= 4 is 11.6 Å². The van der Waals surface area contributed by atoms with Crippen molar-refractivity contribution in [1.82, 2.24) is 4.90 Å². The molecular formula is C17H26N2O. The molecule has 1 aromatic rings. The smallest absolute Gasteiger partial charge is 0.222 e. The van der Waals surface area contributed by atoms with Gasteiger partial charge in [-0.3, -0.25) is 4.79 Å². The average Bonchev–Trinajstić information content (AvgIpc) is 2.95. The van der Waals surface area contributed by atoms with E-state index in [9.17, 15) is 4.79 Å². The molecule has 0 radical (unpaired) electrons. The van der Waals surface area contributed by atoms with Crippen LogP contribution in [0.25, 0.3) is 0 Å². The minimum Gasteiger partial charge on any atom is -0.399 e. The van der Waals surface area contributed by atoms with Crippen LogP contribution in [-0.2, 0) is 11.3 Å². The van der Waals surface area contributed by atoms with Crippen molar-refractivity contribution in [3.63, 3.8) is 0 Å². The summed E-state index contributed by atoms with van der Waals surface area (Å²) in [5, 5.41) is 0.